The maximum atomic E-state index is 12.0. The summed E-state index contributed by atoms with van der Waals surface area (Å²) in [5, 5.41) is 0.746. The minimum absolute atomic E-state index is 0.132. The van der Waals surface area contributed by atoms with Crippen LogP contribution in [0, 0.1) is 12.8 Å². The number of nitrogens with two attached hydrogens (primary N) is 1. The van der Waals surface area contributed by atoms with E-state index in [1.54, 1.807) is 6.92 Å². The first-order valence-electron chi connectivity index (χ1n) is 5.18. The molecule has 1 fully saturated rings. The Kier molecular flexibility index (Phi) is 3.29. The largest absolute Gasteiger partial charge is 0.329 e. The second-order valence-electron chi connectivity index (χ2n) is 4.00. The van der Waals surface area contributed by atoms with Gasteiger partial charge in [0.15, 0.2) is 4.21 Å². The van der Waals surface area contributed by atoms with Crippen LogP contribution in [0.1, 0.15) is 17.8 Å². The highest BCUT2D eigenvalue weighted by Gasteiger charge is 2.33. The third-order valence-corrected chi connectivity index (χ3v) is 5.48. The molecule has 0 saturated heterocycles. The summed E-state index contributed by atoms with van der Waals surface area (Å²) in [7, 11) is -3.43. The van der Waals surface area contributed by atoms with Gasteiger partial charge in [-0.15, -0.1) is 11.3 Å². The van der Waals surface area contributed by atoms with E-state index >= 15 is 0 Å². The first kappa shape index (κ1) is 12.0. The monoisotopic (exact) mass is 261 g/mol. The van der Waals surface area contributed by atoms with Crippen LogP contribution in [0.15, 0.2) is 10.4 Å². The molecule has 1 heterocycles. The van der Waals surface area contributed by atoms with Gasteiger partial charge < -0.3 is 5.73 Å². The zero-order chi connectivity index (χ0) is 11.8. The molecule has 0 aliphatic heterocycles. The fourth-order valence-corrected chi connectivity index (χ4v) is 4.00. The number of hydrogen-bond donors (Lipinski definition) is 2. The van der Waals surface area contributed by atoms with Gasteiger partial charge >= 0.3 is 0 Å². The van der Waals surface area contributed by atoms with Crippen molar-refractivity contribution in [2.24, 2.45) is 11.7 Å². The van der Waals surface area contributed by atoms with Crippen LogP contribution in [0.3, 0.4) is 0 Å². The van der Waals surface area contributed by atoms with Gasteiger partial charge in [-0.2, -0.15) is 0 Å². The summed E-state index contributed by atoms with van der Waals surface area (Å²) < 4.78 is 26.8. The van der Waals surface area contributed by atoms with Crippen LogP contribution in [-0.4, -0.2) is 26.0 Å². The Balaban J connectivity index is 2.12. The summed E-state index contributed by atoms with van der Waals surface area (Å²) in [5.41, 5.74) is 5.57. The van der Waals surface area contributed by atoms with Gasteiger partial charge in [0, 0.05) is 12.6 Å². The van der Waals surface area contributed by atoms with Gasteiger partial charge in [0.1, 0.15) is 0 Å². The van der Waals surface area contributed by atoms with E-state index in [9.17, 15) is 8.42 Å². The number of nitrogens with zero attached hydrogens (tertiary/aromatic N) is 1. The minimum Gasteiger partial charge on any atom is -0.329 e. The summed E-state index contributed by atoms with van der Waals surface area (Å²) in [6, 6.07) is -0.132. The number of aromatic nitrogens is 1. The summed E-state index contributed by atoms with van der Waals surface area (Å²) in [6.07, 6.45) is 3.51. The van der Waals surface area contributed by atoms with E-state index < -0.39 is 10.0 Å². The Bertz CT molecular complexity index is 465. The van der Waals surface area contributed by atoms with E-state index in [0.717, 1.165) is 17.8 Å². The molecular formula is C9H15N3O2S2. The van der Waals surface area contributed by atoms with Crippen LogP contribution in [0.2, 0.25) is 0 Å². The van der Waals surface area contributed by atoms with Crippen molar-refractivity contribution in [2.75, 3.05) is 6.54 Å². The lowest BCUT2D eigenvalue weighted by atomic mass is 10.2. The zero-order valence-electron chi connectivity index (χ0n) is 9.01. The van der Waals surface area contributed by atoms with Gasteiger partial charge in [-0.1, -0.05) is 0 Å². The first-order chi connectivity index (χ1) is 7.53. The molecule has 2 rings (SSSR count). The van der Waals surface area contributed by atoms with Crippen molar-refractivity contribution in [3.63, 3.8) is 0 Å². The zero-order valence-corrected chi connectivity index (χ0v) is 10.6. The Morgan fingerprint density at radius 1 is 1.69 bits per heavy atom. The number of aryl methyl sites for hydroxylation is 1. The molecular weight excluding hydrogens is 246 g/mol. The van der Waals surface area contributed by atoms with Gasteiger partial charge in [0.25, 0.3) is 10.0 Å². The molecule has 0 bridgehead atoms. The third kappa shape index (κ3) is 2.60. The van der Waals surface area contributed by atoms with Gasteiger partial charge in [0.05, 0.1) is 11.2 Å². The highest BCUT2D eigenvalue weighted by molar-refractivity contribution is 7.91. The number of thiazole rings is 1. The standard InChI is InChI=1S/C9H15N3O2S2/c1-6-11-5-9(15-6)16(13,14)12-8(4-10)7-2-3-7/h5,7-8,12H,2-4,10H2,1H3. The lowest BCUT2D eigenvalue weighted by Gasteiger charge is -2.14. The SMILES string of the molecule is Cc1ncc(S(=O)(=O)NC(CN)C2CC2)s1. The molecule has 1 aromatic rings. The molecule has 0 amide bonds. The van der Waals surface area contributed by atoms with Gasteiger partial charge in [-0.05, 0) is 25.7 Å². The highest BCUT2D eigenvalue weighted by atomic mass is 32.2. The molecule has 5 nitrogen and oxygen atoms in total. The maximum absolute atomic E-state index is 12.0. The molecule has 1 unspecified atom stereocenters. The topological polar surface area (TPSA) is 85.1 Å². The summed E-state index contributed by atoms with van der Waals surface area (Å²) in [4.78, 5) is 3.94. The second-order valence-corrected chi connectivity index (χ2v) is 7.17. The van der Waals surface area contributed by atoms with Crippen LogP contribution in [0.4, 0.5) is 0 Å². The maximum Gasteiger partial charge on any atom is 0.251 e. The van der Waals surface area contributed by atoms with Crippen molar-refractivity contribution in [1.82, 2.24) is 9.71 Å². The molecule has 16 heavy (non-hydrogen) atoms. The van der Waals surface area contributed by atoms with Crippen molar-refractivity contribution in [2.45, 2.75) is 30.0 Å². The molecule has 90 valence electrons. The van der Waals surface area contributed by atoms with Crippen molar-refractivity contribution < 1.29 is 8.42 Å². The van der Waals surface area contributed by atoms with Crippen LogP contribution < -0.4 is 10.5 Å². The molecule has 0 aromatic carbocycles. The molecule has 7 heteroatoms. The van der Waals surface area contributed by atoms with Crippen molar-refractivity contribution in [3.05, 3.63) is 11.2 Å². The fourth-order valence-electron chi connectivity index (χ4n) is 1.56. The Morgan fingerprint density at radius 3 is 2.81 bits per heavy atom. The van der Waals surface area contributed by atoms with Crippen LogP contribution in [0.25, 0.3) is 0 Å². The average Bonchev–Trinajstić information content (AvgIpc) is 2.97. The summed E-state index contributed by atoms with van der Waals surface area (Å²) >= 11 is 1.18. The minimum atomic E-state index is -3.43. The highest BCUT2D eigenvalue weighted by Crippen LogP contribution is 2.33. The quantitative estimate of drug-likeness (QED) is 0.806. The predicted molar refractivity (Wildman–Crippen MR) is 62.7 cm³/mol. The van der Waals surface area contributed by atoms with E-state index in [0.29, 0.717) is 12.5 Å². The van der Waals surface area contributed by atoms with E-state index in [4.69, 9.17) is 5.73 Å². The van der Waals surface area contributed by atoms with Crippen molar-refractivity contribution in [3.8, 4) is 0 Å². The number of rotatable bonds is 5. The third-order valence-electron chi connectivity index (χ3n) is 2.62. The summed E-state index contributed by atoms with van der Waals surface area (Å²) in [6.45, 7) is 2.13. The van der Waals surface area contributed by atoms with E-state index in [2.05, 4.69) is 9.71 Å². The smallest absolute Gasteiger partial charge is 0.251 e. The molecule has 1 saturated carbocycles. The average molecular weight is 261 g/mol. The van der Waals surface area contributed by atoms with Gasteiger partial charge in [-0.3, -0.25) is 0 Å². The van der Waals surface area contributed by atoms with E-state index in [-0.39, 0.29) is 10.3 Å². The number of sulfonamides is 1. The molecule has 1 aromatic heterocycles. The molecule has 0 spiro atoms. The number of nitrogens with one attached hydrogen (secondary N) is 1. The van der Waals surface area contributed by atoms with Crippen LogP contribution >= 0.6 is 11.3 Å². The van der Waals surface area contributed by atoms with Crippen molar-refractivity contribution in [1.29, 1.82) is 0 Å². The summed E-state index contributed by atoms with van der Waals surface area (Å²) in [5.74, 6) is 0.411. The Hall–Kier alpha value is -0.500. The Morgan fingerprint density at radius 2 is 2.38 bits per heavy atom. The predicted octanol–water partition coefficient (Wildman–Crippen LogP) is 0.467. The lowest BCUT2D eigenvalue weighted by Crippen LogP contribution is -2.41. The molecule has 1 aliphatic rings. The molecule has 0 radical (unpaired) electrons. The first-order valence-corrected chi connectivity index (χ1v) is 7.47. The van der Waals surface area contributed by atoms with Gasteiger partial charge in [-0.25, -0.2) is 18.1 Å². The molecule has 1 aliphatic carbocycles. The molecule has 3 N–H and O–H groups in total. The van der Waals surface area contributed by atoms with Crippen LogP contribution in [0.5, 0.6) is 0 Å². The normalized spacial score (nSPS) is 18.6. The fraction of sp³-hybridized carbons (Fsp3) is 0.667. The van der Waals surface area contributed by atoms with Gasteiger partial charge in [0.2, 0.25) is 0 Å². The number of hydrogen-bond acceptors (Lipinski definition) is 5. The lowest BCUT2D eigenvalue weighted by molar-refractivity contribution is 0.520. The van der Waals surface area contributed by atoms with Crippen LogP contribution in [-0.2, 0) is 10.0 Å². The van der Waals surface area contributed by atoms with E-state index in [1.807, 2.05) is 0 Å². The van der Waals surface area contributed by atoms with Crippen molar-refractivity contribution >= 4 is 21.4 Å². The molecule has 1 atom stereocenters. The Labute approximate surface area is 99.1 Å². The van der Waals surface area contributed by atoms with E-state index in [1.165, 1.54) is 17.5 Å². The second kappa shape index (κ2) is 4.40.